The minimum absolute atomic E-state index is 0.00167. The van der Waals surface area contributed by atoms with Crippen molar-refractivity contribution < 1.29 is 63.3 Å². The number of hydrogen-bond donors (Lipinski definition) is 16. The normalized spacial score (nSPS) is 16.6. The minimum atomic E-state index is -1.67. The molecule has 0 saturated carbocycles. The summed E-state index contributed by atoms with van der Waals surface area (Å²) >= 11 is 0. The number of nitrogens with zero attached hydrogens (tertiary/aromatic N) is 2. The van der Waals surface area contributed by atoms with Crippen LogP contribution in [0.5, 0.6) is 0 Å². The molecule has 1 aliphatic rings. The quantitative estimate of drug-likeness (QED) is 0.0158. The number of unbranched alkanes of at least 4 members (excludes halogenated alkanes) is 2. The largest absolute Gasteiger partial charge is 0.480 e. The predicted molar refractivity (Wildman–Crippen MR) is 266 cm³/mol. The lowest BCUT2D eigenvalue weighted by molar-refractivity contribution is -0.143. The first kappa shape index (κ1) is 64.8. The van der Waals surface area contributed by atoms with Crippen LogP contribution in [0.1, 0.15) is 111 Å². The van der Waals surface area contributed by atoms with Gasteiger partial charge in [0.2, 0.25) is 53.2 Å². The van der Waals surface area contributed by atoms with Crippen LogP contribution >= 0.6 is 0 Å². The molecule has 9 atom stereocenters. The van der Waals surface area contributed by atoms with Gasteiger partial charge in [-0.15, -0.1) is 0 Å². The van der Waals surface area contributed by atoms with E-state index in [9.17, 15) is 63.3 Å². The first-order chi connectivity index (χ1) is 34.4. The molecule has 0 spiro atoms. The topological polar surface area (TPSA) is 487 Å². The fourth-order valence-corrected chi connectivity index (χ4v) is 7.77. The summed E-state index contributed by atoms with van der Waals surface area (Å²) in [5.74, 6) is -9.89. The van der Waals surface area contributed by atoms with Crippen LogP contribution in [0.25, 0.3) is 0 Å². The number of carbonyl (C=O) groups is 10. The SMILES string of the molecule is CC(C)C[C@H](NC(=O)[C@H](CO)NC(=O)[C@H](CCCCN)NC(=O)[C@H](CC(C)C)NC(=O)[C@H](CO)NC(=O)[C@@H]1CCCN1C(=O)[C@H](CCCN=C(N)N)NC(=O)[C@H](CC(N)=O)NC(=O)[C@@H](N)CCCCN)C(=O)O. The van der Waals surface area contributed by atoms with Crippen LogP contribution < -0.4 is 71.6 Å². The van der Waals surface area contributed by atoms with Crippen LogP contribution in [0.4, 0.5) is 0 Å². The molecule has 0 radical (unpaired) electrons. The van der Waals surface area contributed by atoms with Gasteiger partial charge in [-0.2, -0.15) is 0 Å². The van der Waals surface area contributed by atoms with E-state index in [4.69, 9.17) is 34.4 Å². The molecule has 0 aromatic rings. The van der Waals surface area contributed by atoms with E-state index in [-0.39, 0.29) is 82.4 Å². The van der Waals surface area contributed by atoms with Crippen LogP contribution in [-0.2, 0) is 47.9 Å². The highest BCUT2D eigenvalue weighted by atomic mass is 16.4. The molecule has 1 heterocycles. The highest BCUT2D eigenvalue weighted by Gasteiger charge is 2.40. The van der Waals surface area contributed by atoms with Gasteiger partial charge in [0.1, 0.15) is 48.3 Å². The van der Waals surface area contributed by atoms with E-state index in [1.165, 1.54) is 4.90 Å². The summed E-state index contributed by atoms with van der Waals surface area (Å²) < 4.78 is 0. The number of hydrogen-bond acceptors (Lipinski definition) is 16. The third kappa shape index (κ3) is 24.4. The van der Waals surface area contributed by atoms with Crippen molar-refractivity contribution in [2.45, 2.75) is 166 Å². The van der Waals surface area contributed by atoms with Crippen LogP contribution in [0.3, 0.4) is 0 Å². The molecule has 1 aliphatic heterocycles. The van der Waals surface area contributed by atoms with Crippen molar-refractivity contribution in [1.29, 1.82) is 0 Å². The second-order valence-corrected chi connectivity index (χ2v) is 18.9. The average Bonchev–Trinajstić information content (AvgIpc) is 3.82. The summed E-state index contributed by atoms with van der Waals surface area (Å²) in [7, 11) is 0. The number of primary amides is 1. The van der Waals surface area contributed by atoms with Crippen LogP contribution in [0.2, 0.25) is 0 Å². The molecule has 0 bridgehead atoms. The highest BCUT2D eigenvalue weighted by Crippen LogP contribution is 2.21. The summed E-state index contributed by atoms with van der Waals surface area (Å²) in [6.45, 7) is 5.79. The molecule has 1 rings (SSSR count). The minimum Gasteiger partial charge on any atom is -0.480 e. The molecule has 73 heavy (non-hydrogen) atoms. The van der Waals surface area contributed by atoms with Crippen LogP contribution in [0.15, 0.2) is 4.99 Å². The van der Waals surface area contributed by atoms with E-state index in [0.29, 0.717) is 38.6 Å². The average molecular weight is 1040 g/mol. The molecule has 22 N–H and O–H groups in total. The molecule has 9 amide bonds. The summed E-state index contributed by atoms with van der Waals surface area (Å²) in [5.41, 5.74) is 33.5. The second kappa shape index (κ2) is 34.2. The highest BCUT2D eigenvalue weighted by molar-refractivity contribution is 5.99. The van der Waals surface area contributed by atoms with Gasteiger partial charge in [-0.1, -0.05) is 34.1 Å². The Hall–Kier alpha value is -6.23. The Morgan fingerprint density at radius 1 is 0.575 bits per heavy atom. The molecule has 0 aliphatic carbocycles. The van der Waals surface area contributed by atoms with Gasteiger partial charge in [-0.3, -0.25) is 48.1 Å². The van der Waals surface area contributed by atoms with Crippen molar-refractivity contribution in [3.05, 3.63) is 0 Å². The van der Waals surface area contributed by atoms with E-state index < -0.39 is 133 Å². The summed E-state index contributed by atoms with van der Waals surface area (Å²) in [4.78, 5) is 138. The molecular weight excluding hydrogens is 959 g/mol. The first-order valence-electron chi connectivity index (χ1n) is 24.8. The molecule has 28 heteroatoms. The lowest BCUT2D eigenvalue weighted by Crippen LogP contribution is -2.61. The lowest BCUT2D eigenvalue weighted by atomic mass is 10.0. The fourth-order valence-electron chi connectivity index (χ4n) is 7.77. The third-order valence-corrected chi connectivity index (χ3v) is 11.6. The maximum Gasteiger partial charge on any atom is 0.326 e. The molecule has 416 valence electrons. The van der Waals surface area contributed by atoms with Gasteiger partial charge in [0, 0.05) is 13.1 Å². The number of nitrogens with one attached hydrogen (secondary N) is 7. The van der Waals surface area contributed by atoms with E-state index >= 15 is 0 Å². The number of amides is 9. The van der Waals surface area contributed by atoms with E-state index in [1.54, 1.807) is 27.7 Å². The molecule has 1 saturated heterocycles. The van der Waals surface area contributed by atoms with Crippen molar-refractivity contribution in [2.75, 3.05) is 39.4 Å². The van der Waals surface area contributed by atoms with Crippen molar-refractivity contribution in [3.8, 4) is 0 Å². The third-order valence-electron chi connectivity index (χ3n) is 11.6. The number of aliphatic hydroxyl groups excluding tert-OH is 2. The van der Waals surface area contributed by atoms with Crippen LogP contribution in [0, 0.1) is 11.8 Å². The maximum absolute atomic E-state index is 14.3. The number of carbonyl (C=O) groups excluding carboxylic acids is 9. The molecule has 28 nitrogen and oxygen atoms in total. The zero-order chi connectivity index (χ0) is 55.4. The van der Waals surface area contributed by atoms with Crippen molar-refractivity contribution in [2.24, 2.45) is 51.2 Å². The van der Waals surface area contributed by atoms with Gasteiger partial charge in [-0.25, -0.2) is 4.79 Å². The number of nitrogens with two attached hydrogens (primary N) is 6. The zero-order valence-electron chi connectivity index (χ0n) is 42.6. The Balaban J connectivity index is 3.34. The van der Waals surface area contributed by atoms with Crippen LogP contribution in [-0.4, -0.2) is 179 Å². The molecule has 0 aromatic heterocycles. The predicted octanol–water partition coefficient (Wildman–Crippen LogP) is -5.95. The number of likely N-dealkylation sites (tertiary alicyclic amines) is 1. The fraction of sp³-hybridized carbons (Fsp3) is 0.756. The zero-order valence-corrected chi connectivity index (χ0v) is 42.6. The Labute approximate surface area is 425 Å². The summed E-state index contributed by atoms with van der Waals surface area (Å²) in [6, 6.07) is -12.4. The van der Waals surface area contributed by atoms with E-state index in [2.05, 4.69) is 42.2 Å². The monoisotopic (exact) mass is 1040 g/mol. The maximum atomic E-state index is 14.3. The van der Waals surface area contributed by atoms with Gasteiger partial charge in [-0.05, 0) is 95.6 Å². The van der Waals surface area contributed by atoms with Crippen molar-refractivity contribution >= 4 is 65.1 Å². The standard InChI is InChI=1S/C45H83N15O13/c1-24(2)19-29(38(66)53-27(12-6-8-16-47)37(65)58-32(22-61)41(69)57-31(44(72)73)20-25(3)4)56-40(68)33(23-62)59-42(70)34-14-10-18-60(34)43(71)28(13-9-17-52-45(50)51)54-39(67)30(21-35(49)63)55-36(64)26(48)11-5-7-15-46/h24-34,61-62H,5-23,46-48H2,1-4H3,(H2,49,63)(H,53,66)(H,54,67)(H,55,64)(H,56,68)(H,57,69)(H,58,65)(H,59,70)(H,72,73)(H4,50,51,52)/t26-,27-,28-,29-,30-,31-,32-,33-,34-/m0/s1. The number of aliphatic carboxylic acids is 1. The summed E-state index contributed by atoms with van der Waals surface area (Å²) in [5, 5.41) is 47.1. The van der Waals surface area contributed by atoms with E-state index in [0.717, 1.165) is 0 Å². The number of rotatable bonds is 36. The van der Waals surface area contributed by atoms with Gasteiger partial charge in [0.15, 0.2) is 5.96 Å². The number of guanidine groups is 1. The molecular formula is C45H83N15O13. The van der Waals surface area contributed by atoms with Gasteiger partial charge in [0.05, 0.1) is 25.7 Å². The van der Waals surface area contributed by atoms with Gasteiger partial charge < -0.3 is 91.8 Å². The Kier molecular flexibility index (Phi) is 30.4. The van der Waals surface area contributed by atoms with E-state index in [1.807, 2.05) is 0 Å². The number of carboxylic acids is 1. The number of aliphatic imine (C=N–C) groups is 1. The van der Waals surface area contributed by atoms with Crippen molar-refractivity contribution in [1.82, 2.24) is 42.1 Å². The smallest absolute Gasteiger partial charge is 0.326 e. The van der Waals surface area contributed by atoms with Crippen molar-refractivity contribution in [3.63, 3.8) is 0 Å². The molecule has 0 unspecified atom stereocenters. The first-order valence-corrected chi connectivity index (χ1v) is 24.8. The number of carboxylic acid groups (broad SMARTS) is 1. The summed E-state index contributed by atoms with van der Waals surface area (Å²) in [6.07, 6.45) is 1.99. The Morgan fingerprint density at radius 2 is 1.03 bits per heavy atom. The lowest BCUT2D eigenvalue weighted by Gasteiger charge is -2.31. The Morgan fingerprint density at radius 3 is 1.56 bits per heavy atom. The molecule has 1 fully saturated rings. The van der Waals surface area contributed by atoms with Gasteiger partial charge >= 0.3 is 5.97 Å². The Bertz CT molecular complexity index is 1870. The second-order valence-electron chi connectivity index (χ2n) is 18.9. The van der Waals surface area contributed by atoms with Gasteiger partial charge in [0.25, 0.3) is 0 Å². The molecule has 0 aromatic carbocycles. The number of aliphatic hydroxyl groups is 2.